The lowest BCUT2D eigenvalue weighted by Crippen LogP contribution is -2.54. The number of nitrogens with one attached hydrogen (secondary N) is 3. The van der Waals surface area contributed by atoms with Crippen molar-refractivity contribution in [2.45, 2.75) is 56.1 Å². The monoisotopic (exact) mass is 917 g/mol. The molecule has 0 saturated carbocycles. The van der Waals surface area contributed by atoms with Gasteiger partial charge in [0.05, 0.1) is 58.0 Å². The molecule has 7 heteroatoms. The van der Waals surface area contributed by atoms with Crippen molar-refractivity contribution >= 4 is 50.2 Å². The number of hydrogen-bond donors (Lipinski definition) is 3. The number of benzene rings is 8. The Morgan fingerprint density at radius 3 is 1.96 bits per heavy atom. The molecule has 5 unspecified atom stereocenters. The van der Waals surface area contributed by atoms with Gasteiger partial charge in [0.15, 0.2) is 0 Å². The summed E-state index contributed by atoms with van der Waals surface area (Å²) in [6.07, 6.45) is 12.7. The zero-order chi connectivity index (χ0) is 47.0. The van der Waals surface area contributed by atoms with Crippen molar-refractivity contribution < 1.29 is 0 Å². The first kappa shape index (κ1) is 41.7. The average Bonchev–Trinajstić information content (AvgIpc) is 4.08. The van der Waals surface area contributed by atoms with Crippen molar-refractivity contribution in [3.8, 4) is 28.6 Å². The van der Waals surface area contributed by atoms with Crippen LogP contribution < -0.4 is 20.9 Å². The number of nitriles is 1. The maximum absolute atomic E-state index is 11.6. The molecule has 4 heterocycles. The Kier molecular flexibility index (Phi) is 9.99. The summed E-state index contributed by atoms with van der Waals surface area (Å²) in [4.78, 5) is 2.58. The Bertz CT molecular complexity index is 3780. The zero-order valence-electron chi connectivity index (χ0n) is 39.2. The molecule has 0 bridgehead atoms. The minimum Gasteiger partial charge on any atom is -0.333 e. The van der Waals surface area contributed by atoms with Crippen molar-refractivity contribution in [1.82, 2.24) is 25.1 Å². The Morgan fingerprint density at radius 2 is 1.15 bits per heavy atom. The highest BCUT2D eigenvalue weighted by Gasteiger charge is 2.41. The van der Waals surface area contributed by atoms with Crippen LogP contribution in [0.3, 0.4) is 0 Å². The quantitative estimate of drug-likeness (QED) is 0.139. The number of fused-ring (bicyclic) bond motifs is 9. The summed E-state index contributed by atoms with van der Waals surface area (Å²) in [7, 11) is 0. The summed E-state index contributed by atoms with van der Waals surface area (Å²) >= 11 is 0. The average molecular weight is 918 g/mol. The van der Waals surface area contributed by atoms with Gasteiger partial charge in [-0.05, 0) is 114 Å². The van der Waals surface area contributed by atoms with E-state index in [1.807, 2.05) is 0 Å². The molecule has 0 radical (unpaired) electrons. The van der Waals surface area contributed by atoms with E-state index in [1.54, 1.807) is 0 Å². The van der Waals surface area contributed by atoms with E-state index >= 15 is 0 Å². The van der Waals surface area contributed by atoms with Crippen LogP contribution in [-0.4, -0.2) is 15.2 Å². The first-order valence-electron chi connectivity index (χ1n) is 25.1. The number of anilines is 2. The molecule has 2 aliphatic carbocycles. The van der Waals surface area contributed by atoms with Gasteiger partial charge in [-0.3, -0.25) is 16.0 Å². The minimum atomic E-state index is -0.356. The fourth-order valence-corrected chi connectivity index (χ4v) is 12.4. The number of hydrogen-bond acceptors (Lipinski definition) is 5. The van der Waals surface area contributed by atoms with E-state index < -0.39 is 0 Å². The molecule has 4 aliphatic rings. The largest absolute Gasteiger partial charge is 0.333 e. The number of rotatable bonds is 7. The molecule has 0 spiro atoms. The van der Waals surface area contributed by atoms with Crippen LogP contribution >= 0.6 is 0 Å². The van der Waals surface area contributed by atoms with Crippen LogP contribution in [0.2, 0.25) is 0 Å². The van der Waals surface area contributed by atoms with E-state index in [9.17, 15) is 5.26 Å². The van der Waals surface area contributed by atoms with Crippen LogP contribution in [0.25, 0.3) is 61.3 Å². The highest BCUT2D eigenvalue weighted by Crippen LogP contribution is 2.52. The van der Waals surface area contributed by atoms with Gasteiger partial charge < -0.3 is 14.0 Å². The topological polar surface area (TPSA) is 73.0 Å². The SMILES string of the molecule is N#Cc1cc(C2NC(c3ccccc3)NC(c3ccc(-c4ccccc4)cc3)N2)c(N2c3ccccc3C3CCC=CC32)cc1-n1c2ccccc2c2cc3c(cc21)c1c(n3-c2ccccc2)C=CCC1. The van der Waals surface area contributed by atoms with Crippen molar-refractivity contribution in [3.05, 3.63) is 245 Å². The van der Waals surface area contributed by atoms with E-state index in [4.69, 9.17) is 0 Å². The molecule has 7 nitrogen and oxygen atoms in total. The van der Waals surface area contributed by atoms with E-state index in [1.165, 1.54) is 44.5 Å². The molecule has 8 aromatic carbocycles. The summed E-state index contributed by atoms with van der Waals surface area (Å²) in [5.74, 6) is 0.348. The molecular weight excluding hydrogens is 867 g/mol. The van der Waals surface area contributed by atoms with Gasteiger partial charge >= 0.3 is 0 Å². The molecule has 1 fully saturated rings. The highest BCUT2D eigenvalue weighted by atomic mass is 15.4. The van der Waals surface area contributed by atoms with Gasteiger partial charge in [0.1, 0.15) is 6.07 Å². The van der Waals surface area contributed by atoms with E-state index in [0.717, 1.165) is 81.2 Å². The van der Waals surface area contributed by atoms with Crippen molar-refractivity contribution in [2.24, 2.45) is 0 Å². The lowest BCUT2D eigenvalue weighted by Gasteiger charge is -2.41. The summed E-state index contributed by atoms with van der Waals surface area (Å²) in [5, 5.41) is 27.1. The number of allylic oxidation sites excluding steroid dienone is 2. The Balaban J connectivity index is 0.995. The van der Waals surface area contributed by atoms with E-state index in [-0.39, 0.29) is 24.5 Å². The van der Waals surface area contributed by atoms with Crippen LogP contribution in [0.15, 0.2) is 206 Å². The summed E-state index contributed by atoms with van der Waals surface area (Å²) in [6, 6.07) is 70.8. The second kappa shape index (κ2) is 17.0. The van der Waals surface area contributed by atoms with Gasteiger partial charge in [-0.15, -0.1) is 0 Å². The fraction of sp³-hybridized carbons (Fsp3) is 0.141. The molecule has 71 heavy (non-hydrogen) atoms. The molecule has 2 aliphatic heterocycles. The number of para-hydroxylation sites is 3. The molecule has 14 rings (SSSR count). The number of aryl methyl sites for hydroxylation is 1. The molecule has 0 amide bonds. The van der Waals surface area contributed by atoms with Crippen LogP contribution in [0.1, 0.15) is 82.8 Å². The third kappa shape index (κ3) is 6.82. The molecule has 3 N–H and O–H groups in total. The second-order valence-electron chi connectivity index (χ2n) is 19.5. The maximum Gasteiger partial charge on any atom is 0.101 e. The number of nitrogens with zero attached hydrogens (tertiary/aromatic N) is 4. The molecule has 342 valence electrons. The summed E-state index contributed by atoms with van der Waals surface area (Å²) in [6.45, 7) is 0. The summed E-state index contributed by atoms with van der Waals surface area (Å²) in [5.41, 5.74) is 18.0. The first-order chi connectivity index (χ1) is 35.2. The van der Waals surface area contributed by atoms with Gasteiger partial charge in [-0.25, -0.2) is 0 Å². The van der Waals surface area contributed by atoms with Crippen LogP contribution in [0, 0.1) is 11.3 Å². The standard InChI is InChI=1S/C64H51N7/c65-40-45-36-53(64-67-62(43-20-6-2-7-21-43)66-63(68-64)44-34-32-42(33-35-44)41-18-4-1-5-19-41)61(70-55-29-15-10-24-47(55)48-25-11-16-30-56(48)70)39-58(45)71-57-31-17-13-27-50(57)52-37-59-51(38-60(52)71)49-26-12-14-28-54(49)69(59)46-22-8-3-9-23-46/h1-10,13-24,27-39,48,56,62-64,66-68H,11-12,25-26H2. The Labute approximate surface area is 413 Å². The smallest absolute Gasteiger partial charge is 0.101 e. The van der Waals surface area contributed by atoms with Gasteiger partial charge in [0, 0.05) is 44.7 Å². The molecule has 10 aromatic rings. The summed E-state index contributed by atoms with van der Waals surface area (Å²) < 4.78 is 4.81. The molecular formula is C64H51N7. The Morgan fingerprint density at radius 1 is 0.493 bits per heavy atom. The molecule has 1 saturated heterocycles. The first-order valence-corrected chi connectivity index (χ1v) is 25.1. The predicted octanol–water partition coefficient (Wildman–Crippen LogP) is 14.4. The van der Waals surface area contributed by atoms with Crippen LogP contribution in [0.4, 0.5) is 11.4 Å². The lowest BCUT2D eigenvalue weighted by molar-refractivity contribution is 0.203. The van der Waals surface area contributed by atoms with Crippen LogP contribution in [-0.2, 0) is 6.42 Å². The molecule has 2 aromatic heterocycles. The normalized spacial score (nSPS) is 20.3. The second-order valence-corrected chi connectivity index (χ2v) is 19.5. The Hall–Kier alpha value is -8.25. The third-order valence-corrected chi connectivity index (χ3v) is 15.6. The lowest BCUT2D eigenvalue weighted by atomic mass is 9.86. The van der Waals surface area contributed by atoms with Crippen molar-refractivity contribution in [2.75, 3.05) is 4.90 Å². The van der Waals surface area contributed by atoms with Crippen molar-refractivity contribution in [1.29, 1.82) is 5.26 Å². The van der Waals surface area contributed by atoms with Gasteiger partial charge in [-0.2, -0.15) is 5.26 Å². The van der Waals surface area contributed by atoms with Crippen molar-refractivity contribution in [3.63, 3.8) is 0 Å². The zero-order valence-corrected chi connectivity index (χ0v) is 39.2. The van der Waals surface area contributed by atoms with Gasteiger partial charge in [0.25, 0.3) is 0 Å². The number of aromatic nitrogens is 2. The van der Waals surface area contributed by atoms with E-state index in [0.29, 0.717) is 11.5 Å². The predicted molar refractivity (Wildman–Crippen MR) is 289 cm³/mol. The van der Waals surface area contributed by atoms with Crippen LogP contribution in [0.5, 0.6) is 0 Å². The van der Waals surface area contributed by atoms with Gasteiger partial charge in [-0.1, -0.05) is 158 Å². The molecule has 5 atom stereocenters. The van der Waals surface area contributed by atoms with Gasteiger partial charge in [0.2, 0.25) is 0 Å². The third-order valence-electron chi connectivity index (χ3n) is 15.6. The maximum atomic E-state index is 11.6. The fourth-order valence-electron chi connectivity index (χ4n) is 12.4. The van der Waals surface area contributed by atoms with E-state index in [2.05, 4.69) is 248 Å². The highest BCUT2D eigenvalue weighted by molar-refractivity contribution is 6.14. The minimum absolute atomic E-state index is 0.115.